The zero-order valence-corrected chi connectivity index (χ0v) is 8.42. The summed E-state index contributed by atoms with van der Waals surface area (Å²) < 4.78 is 27.2. The summed E-state index contributed by atoms with van der Waals surface area (Å²) in [6, 6.07) is 5.42. The molecular weight excluding hydrogens is 198 g/mol. The average molecular weight is 208 g/mol. The molecule has 1 unspecified atom stereocenters. The molecule has 4 heteroatoms. The van der Waals surface area contributed by atoms with Gasteiger partial charge in [-0.2, -0.15) is 0 Å². The molecule has 14 heavy (non-hydrogen) atoms. The normalized spacial score (nSPS) is 27.3. The van der Waals surface area contributed by atoms with Crippen LogP contribution in [0.25, 0.3) is 4.72 Å². The van der Waals surface area contributed by atoms with Gasteiger partial charge in [0.2, 0.25) is 0 Å². The third-order valence-corrected chi connectivity index (χ3v) is 4.40. The molecule has 0 saturated heterocycles. The fourth-order valence-electron chi connectivity index (χ4n) is 2.37. The van der Waals surface area contributed by atoms with Gasteiger partial charge in [-0.25, -0.2) is 8.42 Å². The maximum absolute atomic E-state index is 11.6. The first kappa shape index (κ1) is 8.44. The molecule has 0 radical (unpaired) electrons. The van der Waals surface area contributed by atoms with E-state index < -0.39 is 10.0 Å². The van der Waals surface area contributed by atoms with E-state index in [9.17, 15) is 8.42 Å². The first-order chi connectivity index (χ1) is 6.68. The molecule has 0 fully saturated rings. The van der Waals surface area contributed by atoms with E-state index in [2.05, 4.69) is 4.72 Å². The van der Waals surface area contributed by atoms with Gasteiger partial charge in [-0.1, -0.05) is 31.0 Å². The van der Waals surface area contributed by atoms with Gasteiger partial charge in [-0.15, -0.1) is 0 Å². The average Bonchev–Trinajstić information content (AvgIpc) is 2.41. The molecule has 1 aliphatic heterocycles. The van der Waals surface area contributed by atoms with Crippen molar-refractivity contribution >= 4 is 10.0 Å². The molecule has 0 amide bonds. The summed E-state index contributed by atoms with van der Waals surface area (Å²) in [6.45, 7) is 0. The van der Waals surface area contributed by atoms with Crippen LogP contribution in [0.1, 0.15) is 30.0 Å². The second kappa shape index (κ2) is 2.58. The summed E-state index contributed by atoms with van der Waals surface area (Å²) >= 11 is 0. The minimum absolute atomic E-state index is 0.0834. The van der Waals surface area contributed by atoms with Crippen LogP contribution in [-0.2, 0) is 16.4 Å². The van der Waals surface area contributed by atoms with Gasteiger partial charge in [0.05, 0.1) is 4.90 Å². The van der Waals surface area contributed by atoms with E-state index in [0.29, 0.717) is 4.90 Å². The van der Waals surface area contributed by atoms with E-state index >= 15 is 0 Å². The molecular formula is C10H10NO2S-. The molecule has 2 aliphatic rings. The van der Waals surface area contributed by atoms with Gasteiger partial charge in [0, 0.05) is 0 Å². The minimum atomic E-state index is -3.32. The van der Waals surface area contributed by atoms with E-state index in [1.807, 2.05) is 12.1 Å². The Morgan fingerprint density at radius 1 is 1.36 bits per heavy atom. The lowest BCUT2D eigenvalue weighted by molar-refractivity contribution is 0.601. The van der Waals surface area contributed by atoms with E-state index in [4.69, 9.17) is 0 Å². The summed E-state index contributed by atoms with van der Waals surface area (Å²) in [5.74, 6) is 0. The van der Waals surface area contributed by atoms with Crippen molar-refractivity contribution in [2.45, 2.75) is 30.2 Å². The van der Waals surface area contributed by atoms with Crippen molar-refractivity contribution in [1.82, 2.24) is 0 Å². The first-order valence-electron chi connectivity index (χ1n) is 4.77. The quantitative estimate of drug-likeness (QED) is 0.655. The van der Waals surface area contributed by atoms with Crippen LogP contribution in [0.3, 0.4) is 0 Å². The predicted octanol–water partition coefficient (Wildman–Crippen LogP) is 2.14. The van der Waals surface area contributed by atoms with Gasteiger partial charge in [0.25, 0.3) is 0 Å². The maximum Gasteiger partial charge on any atom is 0.102 e. The van der Waals surface area contributed by atoms with Gasteiger partial charge in [-0.05, 0) is 23.6 Å². The van der Waals surface area contributed by atoms with Gasteiger partial charge in [-0.3, -0.25) is 0 Å². The lowest BCUT2D eigenvalue weighted by Crippen LogP contribution is -2.05. The van der Waals surface area contributed by atoms with Crippen molar-refractivity contribution in [3.63, 3.8) is 0 Å². The number of rotatable bonds is 0. The van der Waals surface area contributed by atoms with E-state index in [-0.39, 0.29) is 6.04 Å². The molecule has 3 rings (SSSR count). The third-order valence-electron chi connectivity index (χ3n) is 2.96. The van der Waals surface area contributed by atoms with Crippen LogP contribution >= 0.6 is 0 Å². The summed E-state index contributed by atoms with van der Waals surface area (Å²) in [7, 11) is -3.32. The number of nitrogens with zero attached hydrogens (tertiary/aromatic N) is 1. The molecule has 0 bridgehead atoms. The zero-order valence-electron chi connectivity index (χ0n) is 7.60. The highest BCUT2D eigenvalue weighted by Gasteiger charge is 2.27. The second-order valence-corrected chi connectivity index (χ2v) is 5.42. The lowest BCUT2D eigenvalue weighted by Gasteiger charge is -2.27. The Kier molecular flexibility index (Phi) is 1.56. The van der Waals surface area contributed by atoms with E-state index in [1.165, 1.54) is 5.56 Å². The van der Waals surface area contributed by atoms with Crippen LogP contribution in [-0.4, -0.2) is 8.42 Å². The molecule has 74 valence electrons. The Morgan fingerprint density at radius 3 is 3.07 bits per heavy atom. The first-order valence-corrected chi connectivity index (χ1v) is 6.21. The Morgan fingerprint density at radius 2 is 2.21 bits per heavy atom. The van der Waals surface area contributed by atoms with Crippen LogP contribution in [0.15, 0.2) is 23.1 Å². The number of sulfonamides is 1. The molecule has 0 N–H and O–H groups in total. The second-order valence-electron chi connectivity index (χ2n) is 3.82. The molecule has 0 spiro atoms. The van der Waals surface area contributed by atoms with Crippen LogP contribution in [0.2, 0.25) is 0 Å². The van der Waals surface area contributed by atoms with Gasteiger partial charge >= 0.3 is 0 Å². The molecule has 1 aromatic carbocycles. The summed E-state index contributed by atoms with van der Waals surface area (Å²) in [6.07, 6.45) is 2.91. The molecule has 1 aromatic rings. The number of hydrogen-bond acceptors (Lipinski definition) is 2. The zero-order chi connectivity index (χ0) is 9.76. The van der Waals surface area contributed by atoms with Crippen LogP contribution in [0, 0.1) is 0 Å². The minimum Gasteiger partial charge on any atom is -0.538 e. The standard InChI is InChI=1S/C10H10NO2S/c12-14(13)9-6-2-4-7-3-1-5-8(11-14)10(7)9/h2,4,6,8H,1,3,5H2/q-1. The molecule has 1 aliphatic carbocycles. The molecule has 1 atom stereocenters. The smallest absolute Gasteiger partial charge is 0.102 e. The molecule has 1 heterocycles. The molecule has 0 aromatic heterocycles. The highest BCUT2D eigenvalue weighted by molar-refractivity contribution is 7.94. The Labute approximate surface area is 83.2 Å². The fourth-order valence-corrected chi connectivity index (χ4v) is 3.83. The summed E-state index contributed by atoms with van der Waals surface area (Å²) in [5.41, 5.74) is 2.14. The van der Waals surface area contributed by atoms with Crippen molar-refractivity contribution in [3.05, 3.63) is 34.0 Å². The lowest BCUT2D eigenvalue weighted by atomic mass is 9.88. The van der Waals surface area contributed by atoms with Crippen LogP contribution in [0.5, 0.6) is 0 Å². The fraction of sp³-hybridized carbons (Fsp3) is 0.400. The van der Waals surface area contributed by atoms with E-state index in [0.717, 1.165) is 24.8 Å². The van der Waals surface area contributed by atoms with Crippen molar-refractivity contribution in [2.24, 2.45) is 0 Å². The van der Waals surface area contributed by atoms with Gasteiger partial charge in [0.15, 0.2) is 0 Å². The molecule has 0 saturated carbocycles. The van der Waals surface area contributed by atoms with Crippen molar-refractivity contribution < 1.29 is 8.42 Å². The van der Waals surface area contributed by atoms with Crippen molar-refractivity contribution in [1.29, 1.82) is 0 Å². The van der Waals surface area contributed by atoms with Gasteiger partial charge in [0.1, 0.15) is 10.0 Å². The Balaban J connectivity index is 2.35. The third kappa shape index (κ3) is 0.980. The number of benzene rings is 1. The number of hydrogen-bond donors (Lipinski definition) is 0. The van der Waals surface area contributed by atoms with Crippen LogP contribution in [0.4, 0.5) is 0 Å². The monoisotopic (exact) mass is 208 g/mol. The topological polar surface area (TPSA) is 48.2 Å². The molecule has 3 nitrogen and oxygen atoms in total. The highest BCUT2D eigenvalue weighted by atomic mass is 32.2. The highest BCUT2D eigenvalue weighted by Crippen LogP contribution is 2.47. The summed E-state index contributed by atoms with van der Waals surface area (Å²) in [5, 5.41) is 0. The number of aryl methyl sites for hydroxylation is 1. The Bertz CT molecular complexity index is 493. The SMILES string of the molecule is O=S1(=O)[N-]C2CCCc3cccc1c32. The maximum atomic E-state index is 11.6. The van der Waals surface area contributed by atoms with Crippen molar-refractivity contribution in [3.8, 4) is 0 Å². The van der Waals surface area contributed by atoms with Gasteiger partial charge < -0.3 is 4.72 Å². The van der Waals surface area contributed by atoms with Crippen LogP contribution < -0.4 is 0 Å². The van der Waals surface area contributed by atoms with Crippen molar-refractivity contribution in [2.75, 3.05) is 0 Å². The summed E-state index contributed by atoms with van der Waals surface area (Å²) in [4.78, 5) is 0.444. The van der Waals surface area contributed by atoms with E-state index in [1.54, 1.807) is 6.07 Å². The largest absolute Gasteiger partial charge is 0.538 e. The predicted molar refractivity (Wildman–Crippen MR) is 52.7 cm³/mol. The Hall–Kier alpha value is -0.870.